The molecule has 90 valence electrons. The molecule has 0 bridgehead atoms. The highest BCUT2D eigenvalue weighted by atomic mass is 19.1. The van der Waals surface area contributed by atoms with E-state index in [-0.39, 0.29) is 11.9 Å². The zero-order valence-electron chi connectivity index (χ0n) is 9.82. The molecule has 0 radical (unpaired) electrons. The average molecular weight is 226 g/mol. The predicted octanol–water partition coefficient (Wildman–Crippen LogP) is 2.54. The van der Waals surface area contributed by atoms with Gasteiger partial charge in [-0.05, 0) is 25.0 Å². The van der Waals surface area contributed by atoms with E-state index in [4.69, 9.17) is 4.74 Å². The van der Waals surface area contributed by atoms with E-state index >= 15 is 0 Å². The number of rotatable bonds is 6. The van der Waals surface area contributed by atoms with Crippen LogP contribution in [0, 0.1) is 5.82 Å². The lowest BCUT2D eigenvalue weighted by Gasteiger charge is -2.21. The summed E-state index contributed by atoms with van der Waals surface area (Å²) in [7, 11) is 0. The van der Waals surface area contributed by atoms with Crippen LogP contribution < -0.4 is 0 Å². The van der Waals surface area contributed by atoms with Crippen LogP contribution in [0.1, 0.15) is 25.8 Å². The van der Waals surface area contributed by atoms with Gasteiger partial charge in [-0.2, -0.15) is 0 Å². The molecular formula is C13H19FO2. The lowest BCUT2D eigenvalue weighted by Crippen LogP contribution is -2.30. The molecule has 2 unspecified atom stereocenters. The third-order valence-corrected chi connectivity index (χ3v) is 2.60. The van der Waals surface area contributed by atoms with Crippen molar-refractivity contribution in [3.8, 4) is 0 Å². The maximum absolute atomic E-state index is 13.4. The molecule has 3 heteroatoms. The van der Waals surface area contributed by atoms with Crippen molar-refractivity contribution in [1.82, 2.24) is 0 Å². The van der Waals surface area contributed by atoms with E-state index in [1.807, 2.05) is 13.8 Å². The molecule has 2 atom stereocenters. The number of hydrogen-bond acceptors (Lipinski definition) is 2. The van der Waals surface area contributed by atoms with Gasteiger partial charge in [0.2, 0.25) is 0 Å². The van der Waals surface area contributed by atoms with Gasteiger partial charge in [0.1, 0.15) is 5.82 Å². The van der Waals surface area contributed by atoms with E-state index in [1.165, 1.54) is 6.07 Å². The van der Waals surface area contributed by atoms with Crippen LogP contribution in [0.25, 0.3) is 0 Å². The predicted molar refractivity (Wildman–Crippen MR) is 61.8 cm³/mol. The Hall–Kier alpha value is -0.930. The second-order valence-electron chi connectivity index (χ2n) is 3.76. The molecule has 1 aromatic carbocycles. The summed E-state index contributed by atoms with van der Waals surface area (Å²) in [6, 6.07) is 6.51. The zero-order chi connectivity index (χ0) is 12.0. The maximum Gasteiger partial charge on any atom is 0.126 e. The molecule has 0 fully saturated rings. The fraction of sp³-hybridized carbons (Fsp3) is 0.538. The van der Waals surface area contributed by atoms with Crippen molar-refractivity contribution in [2.45, 2.75) is 38.9 Å². The van der Waals surface area contributed by atoms with Gasteiger partial charge >= 0.3 is 0 Å². The number of aliphatic hydroxyl groups excluding tert-OH is 1. The van der Waals surface area contributed by atoms with E-state index in [0.717, 1.165) is 6.42 Å². The monoisotopic (exact) mass is 226 g/mol. The molecular weight excluding hydrogens is 207 g/mol. The van der Waals surface area contributed by atoms with Gasteiger partial charge in [0, 0.05) is 13.0 Å². The van der Waals surface area contributed by atoms with E-state index in [1.54, 1.807) is 18.2 Å². The van der Waals surface area contributed by atoms with Crippen molar-refractivity contribution in [2.24, 2.45) is 0 Å². The normalized spacial score (nSPS) is 14.8. The van der Waals surface area contributed by atoms with Gasteiger partial charge in [0.15, 0.2) is 0 Å². The quantitative estimate of drug-likeness (QED) is 0.807. The molecule has 1 N–H and O–H groups in total. The van der Waals surface area contributed by atoms with E-state index < -0.39 is 6.10 Å². The van der Waals surface area contributed by atoms with Crippen molar-refractivity contribution < 1.29 is 14.2 Å². The third-order valence-electron chi connectivity index (χ3n) is 2.60. The average Bonchev–Trinajstić information content (AvgIpc) is 2.29. The number of hydrogen-bond donors (Lipinski definition) is 1. The molecule has 0 heterocycles. The van der Waals surface area contributed by atoms with E-state index in [2.05, 4.69) is 0 Å². The summed E-state index contributed by atoms with van der Waals surface area (Å²) in [4.78, 5) is 0. The molecule has 0 aliphatic rings. The van der Waals surface area contributed by atoms with Crippen molar-refractivity contribution in [3.63, 3.8) is 0 Å². The minimum Gasteiger partial charge on any atom is -0.390 e. The van der Waals surface area contributed by atoms with Gasteiger partial charge in [0.25, 0.3) is 0 Å². The number of ether oxygens (including phenoxy) is 1. The lowest BCUT2D eigenvalue weighted by molar-refractivity contribution is -0.0337. The minimum atomic E-state index is -0.651. The molecule has 2 nitrogen and oxygen atoms in total. The van der Waals surface area contributed by atoms with E-state index in [0.29, 0.717) is 18.6 Å². The summed E-state index contributed by atoms with van der Waals surface area (Å²) >= 11 is 0. The Labute approximate surface area is 96.1 Å². The Balaban J connectivity index is 2.62. The summed E-state index contributed by atoms with van der Waals surface area (Å²) in [5.41, 5.74) is 0.535. The lowest BCUT2D eigenvalue weighted by atomic mass is 10.0. The largest absolute Gasteiger partial charge is 0.390 e. The summed E-state index contributed by atoms with van der Waals surface area (Å²) in [5, 5.41) is 9.93. The fourth-order valence-corrected chi connectivity index (χ4v) is 1.74. The highest BCUT2D eigenvalue weighted by Gasteiger charge is 2.19. The summed E-state index contributed by atoms with van der Waals surface area (Å²) in [5.74, 6) is -0.270. The van der Waals surface area contributed by atoms with Crippen molar-refractivity contribution in [2.75, 3.05) is 6.61 Å². The second-order valence-corrected chi connectivity index (χ2v) is 3.76. The standard InChI is InChI=1S/C13H19FO2/c1-3-13(16-4-2)12(15)9-10-7-5-6-8-11(10)14/h5-8,12-13,15H,3-4,9H2,1-2H3. The van der Waals surface area contributed by atoms with Crippen molar-refractivity contribution >= 4 is 0 Å². The molecule has 1 aromatic rings. The summed E-state index contributed by atoms with van der Waals surface area (Å²) in [6.45, 7) is 4.40. The SMILES string of the molecule is CCOC(CC)C(O)Cc1ccccc1F. The smallest absolute Gasteiger partial charge is 0.126 e. The Bertz CT molecular complexity index is 315. The van der Waals surface area contributed by atoms with Gasteiger partial charge < -0.3 is 9.84 Å². The Morgan fingerprint density at radius 2 is 2.00 bits per heavy atom. The van der Waals surface area contributed by atoms with Gasteiger partial charge in [-0.15, -0.1) is 0 Å². The number of halogens is 1. The molecule has 0 aliphatic carbocycles. The Morgan fingerprint density at radius 1 is 1.31 bits per heavy atom. The third kappa shape index (κ3) is 3.58. The van der Waals surface area contributed by atoms with Crippen LogP contribution in [0.3, 0.4) is 0 Å². The highest BCUT2D eigenvalue weighted by molar-refractivity contribution is 5.18. The van der Waals surface area contributed by atoms with Crippen molar-refractivity contribution in [3.05, 3.63) is 35.6 Å². The van der Waals surface area contributed by atoms with Crippen LogP contribution >= 0.6 is 0 Å². The molecule has 0 amide bonds. The first-order chi connectivity index (χ1) is 7.69. The van der Waals surface area contributed by atoms with Crippen LogP contribution in [0.2, 0.25) is 0 Å². The number of benzene rings is 1. The second kappa shape index (κ2) is 6.61. The summed E-state index contributed by atoms with van der Waals surface area (Å²) < 4.78 is 18.7. The van der Waals surface area contributed by atoms with Gasteiger partial charge in [-0.25, -0.2) is 4.39 Å². The van der Waals surface area contributed by atoms with Gasteiger partial charge in [-0.3, -0.25) is 0 Å². The topological polar surface area (TPSA) is 29.5 Å². The van der Waals surface area contributed by atoms with Crippen LogP contribution in [-0.2, 0) is 11.2 Å². The molecule has 1 rings (SSSR count). The van der Waals surface area contributed by atoms with Gasteiger partial charge in [0.05, 0.1) is 12.2 Å². The molecule has 0 saturated heterocycles. The Kier molecular flexibility index (Phi) is 5.43. The molecule has 0 spiro atoms. The van der Waals surface area contributed by atoms with Crippen LogP contribution in [0.4, 0.5) is 4.39 Å². The first-order valence-electron chi connectivity index (χ1n) is 5.72. The first-order valence-corrected chi connectivity index (χ1v) is 5.72. The Morgan fingerprint density at radius 3 is 2.56 bits per heavy atom. The highest BCUT2D eigenvalue weighted by Crippen LogP contribution is 2.14. The van der Waals surface area contributed by atoms with Crippen LogP contribution in [0.5, 0.6) is 0 Å². The first kappa shape index (κ1) is 13.1. The van der Waals surface area contributed by atoms with E-state index in [9.17, 15) is 9.50 Å². The molecule has 0 aliphatic heterocycles. The van der Waals surface area contributed by atoms with Crippen LogP contribution in [0.15, 0.2) is 24.3 Å². The van der Waals surface area contributed by atoms with Gasteiger partial charge in [-0.1, -0.05) is 25.1 Å². The molecule has 16 heavy (non-hydrogen) atoms. The minimum absolute atomic E-state index is 0.218. The zero-order valence-corrected chi connectivity index (χ0v) is 9.82. The summed E-state index contributed by atoms with van der Waals surface area (Å²) in [6.07, 6.45) is 0.153. The fourth-order valence-electron chi connectivity index (χ4n) is 1.74. The molecule has 0 saturated carbocycles. The van der Waals surface area contributed by atoms with Crippen molar-refractivity contribution in [1.29, 1.82) is 0 Å². The number of aliphatic hydroxyl groups is 1. The maximum atomic E-state index is 13.4. The van der Waals surface area contributed by atoms with Crippen LogP contribution in [-0.4, -0.2) is 23.9 Å². The molecule has 0 aromatic heterocycles.